The molecule has 0 bridgehead atoms. The molecule has 0 saturated carbocycles. The molecule has 17 heavy (non-hydrogen) atoms. The van der Waals surface area contributed by atoms with E-state index in [1.165, 1.54) is 0 Å². The second kappa shape index (κ2) is 3.84. The lowest BCUT2D eigenvalue weighted by Gasteiger charge is -2.13. The normalized spacial score (nSPS) is 12.3. The molecule has 92 valence electrons. The van der Waals surface area contributed by atoms with Crippen LogP contribution in [0.2, 0.25) is 0 Å². The molecule has 0 unspecified atom stereocenters. The van der Waals surface area contributed by atoms with Crippen LogP contribution in [0.25, 0.3) is 0 Å². The third-order valence-corrected chi connectivity index (χ3v) is 1.85. The summed E-state index contributed by atoms with van der Waals surface area (Å²) in [6.45, 7) is 0. The molecule has 1 rings (SSSR count). The van der Waals surface area contributed by atoms with Crippen molar-refractivity contribution in [3.05, 3.63) is 28.8 Å². The van der Waals surface area contributed by atoms with Gasteiger partial charge in [-0.05, 0) is 12.1 Å². The van der Waals surface area contributed by atoms with Crippen molar-refractivity contribution in [3.8, 4) is 11.8 Å². The summed E-state index contributed by atoms with van der Waals surface area (Å²) in [5, 5.41) is 17.3. The number of aromatic hydroxyl groups is 1. The number of halogens is 6. The summed E-state index contributed by atoms with van der Waals surface area (Å²) in [7, 11) is 0. The van der Waals surface area contributed by atoms with Crippen molar-refractivity contribution in [2.24, 2.45) is 0 Å². The number of rotatable bonds is 0. The molecule has 1 aromatic carbocycles. The minimum atomic E-state index is -5.10. The van der Waals surface area contributed by atoms with Gasteiger partial charge in [-0.25, -0.2) is 0 Å². The van der Waals surface area contributed by atoms with E-state index in [4.69, 9.17) is 10.4 Å². The van der Waals surface area contributed by atoms with E-state index < -0.39 is 34.8 Å². The van der Waals surface area contributed by atoms with E-state index in [1.807, 2.05) is 0 Å². The van der Waals surface area contributed by atoms with Crippen LogP contribution in [0.1, 0.15) is 16.7 Å². The Morgan fingerprint density at radius 1 is 1.00 bits per heavy atom. The summed E-state index contributed by atoms with van der Waals surface area (Å²) in [5.74, 6) is -1.62. The maximum Gasteiger partial charge on any atom is 0.421 e. The van der Waals surface area contributed by atoms with E-state index in [-0.39, 0.29) is 12.1 Å². The van der Waals surface area contributed by atoms with Crippen LogP contribution in [0.15, 0.2) is 12.1 Å². The number of hydrogen-bond donors (Lipinski definition) is 1. The predicted octanol–water partition coefficient (Wildman–Crippen LogP) is 3.30. The minimum Gasteiger partial charge on any atom is -0.507 e. The first-order valence-corrected chi connectivity index (χ1v) is 3.99. The van der Waals surface area contributed by atoms with Crippen molar-refractivity contribution < 1.29 is 31.4 Å². The fraction of sp³-hybridized carbons (Fsp3) is 0.222. The second-order valence-electron chi connectivity index (χ2n) is 3.03. The first-order valence-electron chi connectivity index (χ1n) is 3.99. The summed E-state index contributed by atoms with van der Waals surface area (Å²) in [6.07, 6.45) is -10.0. The van der Waals surface area contributed by atoms with Crippen molar-refractivity contribution in [2.45, 2.75) is 12.4 Å². The molecule has 0 aliphatic rings. The summed E-state index contributed by atoms with van der Waals surface area (Å²) >= 11 is 0. The molecule has 0 aromatic heterocycles. The van der Waals surface area contributed by atoms with Gasteiger partial charge in [-0.15, -0.1) is 0 Å². The van der Waals surface area contributed by atoms with Crippen molar-refractivity contribution in [2.75, 3.05) is 0 Å². The van der Waals surface area contributed by atoms with Crippen molar-refractivity contribution >= 4 is 0 Å². The highest BCUT2D eigenvalue weighted by atomic mass is 19.4. The predicted molar refractivity (Wildman–Crippen MR) is 42.8 cm³/mol. The Balaban J connectivity index is 3.55. The van der Waals surface area contributed by atoms with Gasteiger partial charge in [-0.3, -0.25) is 0 Å². The molecule has 0 atom stereocenters. The molecule has 0 spiro atoms. The van der Waals surface area contributed by atoms with Gasteiger partial charge in [0.2, 0.25) is 0 Å². The van der Waals surface area contributed by atoms with E-state index in [1.54, 1.807) is 0 Å². The first kappa shape index (κ1) is 13.2. The Morgan fingerprint density at radius 2 is 1.53 bits per heavy atom. The zero-order valence-electron chi connectivity index (χ0n) is 7.82. The third kappa shape index (κ3) is 2.61. The third-order valence-electron chi connectivity index (χ3n) is 1.85. The van der Waals surface area contributed by atoms with Crippen LogP contribution >= 0.6 is 0 Å². The molecule has 8 heteroatoms. The van der Waals surface area contributed by atoms with Gasteiger partial charge >= 0.3 is 12.4 Å². The van der Waals surface area contributed by atoms with E-state index in [0.29, 0.717) is 0 Å². The zero-order chi connectivity index (χ0) is 13.4. The van der Waals surface area contributed by atoms with E-state index in [9.17, 15) is 26.3 Å². The molecule has 1 aromatic rings. The van der Waals surface area contributed by atoms with Gasteiger partial charge in [-0.2, -0.15) is 31.6 Å². The Hall–Kier alpha value is -1.91. The van der Waals surface area contributed by atoms with Gasteiger partial charge in [0.05, 0.1) is 17.2 Å². The van der Waals surface area contributed by atoms with E-state index in [2.05, 4.69) is 0 Å². The summed E-state index contributed by atoms with van der Waals surface area (Å²) in [6, 6.07) is 0.954. The lowest BCUT2D eigenvalue weighted by molar-refractivity contribution is -0.142. The van der Waals surface area contributed by atoms with Crippen LogP contribution in [0.5, 0.6) is 5.75 Å². The first-order chi connectivity index (χ1) is 7.57. The van der Waals surface area contributed by atoms with Crippen molar-refractivity contribution in [1.82, 2.24) is 0 Å². The maximum atomic E-state index is 12.3. The lowest BCUT2D eigenvalue weighted by atomic mass is 10.0. The monoisotopic (exact) mass is 255 g/mol. The summed E-state index contributed by atoms with van der Waals surface area (Å²) < 4.78 is 73.6. The minimum absolute atomic E-state index is 0.0442. The van der Waals surface area contributed by atoms with E-state index >= 15 is 0 Å². The number of hydrogen-bond acceptors (Lipinski definition) is 2. The zero-order valence-corrected chi connectivity index (χ0v) is 7.82. The summed E-state index contributed by atoms with van der Waals surface area (Å²) in [5.41, 5.74) is -4.56. The van der Waals surface area contributed by atoms with Crippen LogP contribution in [0.3, 0.4) is 0 Å². The Kier molecular flexibility index (Phi) is 2.97. The number of nitriles is 1. The highest BCUT2D eigenvalue weighted by Crippen LogP contribution is 2.41. The SMILES string of the molecule is N#Cc1cc(C(F)(F)F)cc(O)c1C(F)(F)F. The van der Waals surface area contributed by atoms with Crippen LogP contribution < -0.4 is 0 Å². The highest BCUT2D eigenvalue weighted by Gasteiger charge is 2.40. The number of phenolic OH excluding ortho intramolecular Hbond substituents is 1. The second-order valence-corrected chi connectivity index (χ2v) is 3.03. The molecule has 0 heterocycles. The standard InChI is InChI=1S/C9H3F6NO/c10-8(11,12)5-1-4(3-16)7(6(17)2-5)9(13,14)15/h1-2,17H. The average Bonchev–Trinajstić information content (AvgIpc) is 2.12. The van der Waals surface area contributed by atoms with Gasteiger partial charge in [0, 0.05) is 0 Å². The Labute approximate surface area is 90.7 Å². The fourth-order valence-corrected chi connectivity index (χ4v) is 1.18. The highest BCUT2D eigenvalue weighted by molar-refractivity contribution is 5.51. The number of alkyl halides is 6. The van der Waals surface area contributed by atoms with E-state index in [0.717, 1.165) is 6.07 Å². The molecule has 1 N–H and O–H groups in total. The number of phenols is 1. The smallest absolute Gasteiger partial charge is 0.421 e. The molecular formula is C9H3F6NO. The molecular weight excluding hydrogens is 252 g/mol. The maximum absolute atomic E-state index is 12.3. The van der Waals surface area contributed by atoms with Crippen molar-refractivity contribution in [1.29, 1.82) is 5.26 Å². The topological polar surface area (TPSA) is 44.0 Å². The number of nitrogens with zero attached hydrogens (tertiary/aromatic N) is 1. The molecule has 0 saturated heterocycles. The van der Waals surface area contributed by atoms with Crippen molar-refractivity contribution in [3.63, 3.8) is 0 Å². The Bertz CT molecular complexity index is 482. The van der Waals surface area contributed by atoms with Crippen LogP contribution in [-0.2, 0) is 12.4 Å². The molecule has 0 amide bonds. The van der Waals surface area contributed by atoms with Crippen LogP contribution in [0, 0.1) is 11.3 Å². The van der Waals surface area contributed by atoms with Gasteiger partial charge in [0.1, 0.15) is 11.3 Å². The van der Waals surface area contributed by atoms with Gasteiger partial charge in [0.25, 0.3) is 0 Å². The summed E-state index contributed by atoms with van der Waals surface area (Å²) in [4.78, 5) is 0. The average molecular weight is 255 g/mol. The quantitative estimate of drug-likeness (QED) is 0.723. The Morgan fingerprint density at radius 3 is 1.88 bits per heavy atom. The van der Waals surface area contributed by atoms with Gasteiger partial charge in [-0.1, -0.05) is 0 Å². The lowest BCUT2D eigenvalue weighted by Crippen LogP contribution is -2.12. The van der Waals surface area contributed by atoms with Gasteiger partial charge < -0.3 is 5.11 Å². The molecule has 0 fully saturated rings. The molecule has 2 nitrogen and oxygen atoms in total. The van der Waals surface area contributed by atoms with Crippen LogP contribution in [0.4, 0.5) is 26.3 Å². The fourth-order valence-electron chi connectivity index (χ4n) is 1.18. The van der Waals surface area contributed by atoms with Crippen LogP contribution in [-0.4, -0.2) is 5.11 Å². The molecule has 0 radical (unpaired) electrons. The van der Waals surface area contributed by atoms with Gasteiger partial charge in [0.15, 0.2) is 0 Å². The molecule has 0 aliphatic heterocycles. The largest absolute Gasteiger partial charge is 0.507 e. The number of benzene rings is 1. The molecule has 0 aliphatic carbocycles.